The Morgan fingerprint density at radius 1 is 0.939 bits per heavy atom. The molecule has 0 aliphatic rings. The van der Waals surface area contributed by atoms with Crippen LogP contribution in [0, 0.1) is 0 Å². The van der Waals surface area contributed by atoms with Crippen LogP contribution >= 0.6 is 22.7 Å². The number of aromatic nitrogens is 2. The van der Waals surface area contributed by atoms with Crippen molar-refractivity contribution in [3.63, 3.8) is 0 Å². The van der Waals surface area contributed by atoms with E-state index >= 15 is 0 Å². The summed E-state index contributed by atoms with van der Waals surface area (Å²) >= 11 is 3.18. The van der Waals surface area contributed by atoms with E-state index in [1.165, 1.54) is 11.3 Å². The maximum atomic E-state index is 12.6. The molecule has 0 spiro atoms. The summed E-state index contributed by atoms with van der Waals surface area (Å²) in [5, 5.41) is 6.70. The second-order valence-electron chi connectivity index (χ2n) is 7.36. The molecule has 7 heteroatoms. The summed E-state index contributed by atoms with van der Waals surface area (Å²) in [6, 6.07) is 23.7. The highest BCUT2D eigenvalue weighted by Gasteiger charge is 2.13. The maximum Gasteiger partial charge on any atom is 0.230 e. The van der Waals surface area contributed by atoms with Gasteiger partial charge in [0.05, 0.1) is 34.5 Å². The van der Waals surface area contributed by atoms with Crippen molar-refractivity contribution in [1.82, 2.24) is 9.97 Å². The molecule has 0 bridgehead atoms. The third kappa shape index (κ3) is 4.79. The Morgan fingerprint density at radius 3 is 2.55 bits per heavy atom. The number of para-hydroxylation sites is 2. The molecule has 5 nitrogen and oxygen atoms in total. The summed E-state index contributed by atoms with van der Waals surface area (Å²) < 4.78 is 6.87. The standard InChI is InChI=1S/C26H21N3O2S2/c1-2-31-22-9-5-3-7-20(22)26-28-19(16-32-26)15-24(30)27-18-13-11-17(12-14-18)25-29-21-8-4-6-10-23(21)33-25/h3-14,16H,2,15H2,1H3,(H,27,30). The number of fused-ring (bicyclic) bond motifs is 1. The number of anilines is 1. The number of thiazole rings is 2. The monoisotopic (exact) mass is 471 g/mol. The quantitative estimate of drug-likeness (QED) is 0.288. The van der Waals surface area contributed by atoms with Crippen molar-refractivity contribution in [2.45, 2.75) is 13.3 Å². The second kappa shape index (κ2) is 9.52. The molecule has 0 aliphatic carbocycles. The largest absolute Gasteiger partial charge is 0.493 e. The number of rotatable bonds is 7. The van der Waals surface area contributed by atoms with Gasteiger partial charge in [0.15, 0.2) is 0 Å². The van der Waals surface area contributed by atoms with E-state index in [4.69, 9.17) is 4.74 Å². The molecule has 0 radical (unpaired) electrons. The van der Waals surface area contributed by atoms with Gasteiger partial charge in [-0.15, -0.1) is 22.7 Å². The summed E-state index contributed by atoms with van der Waals surface area (Å²) in [5.41, 5.74) is 4.47. The number of amides is 1. The Balaban J connectivity index is 1.24. The molecule has 0 unspecified atom stereocenters. The molecule has 1 N–H and O–H groups in total. The summed E-state index contributed by atoms with van der Waals surface area (Å²) in [5.74, 6) is 0.705. The smallest absolute Gasteiger partial charge is 0.230 e. The lowest BCUT2D eigenvalue weighted by atomic mass is 10.2. The number of benzene rings is 3. The minimum absolute atomic E-state index is 0.0994. The van der Waals surface area contributed by atoms with Gasteiger partial charge in [-0.25, -0.2) is 9.97 Å². The van der Waals surface area contributed by atoms with E-state index < -0.39 is 0 Å². The molecule has 2 aromatic heterocycles. The molecule has 0 atom stereocenters. The molecule has 5 rings (SSSR count). The Bertz CT molecular complexity index is 1370. The van der Waals surface area contributed by atoms with Crippen molar-refractivity contribution in [2.24, 2.45) is 0 Å². The zero-order chi connectivity index (χ0) is 22.6. The molecule has 0 saturated heterocycles. The van der Waals surface area contributed by atoms with Gasteiger partial charge < -0.3 is 10.1 Å². The van der Waals surface area contributed by atoms with E-state index in [-0.39, 0.29) is 12.3 Å². The Hall–Kier alpha value is -3.55. The molecule has 0 saturated carbocycles. The highest BCUT2D eigenvalue weighted by Crippen LogP contribution is 2.33. The van der Waals surface area contributed by atoms with E-state index in [0.717, 1.165) is 48.5 Å². The summed E-state index contributed by atoms with van der Waals surface area (Å²) in [6.07, 6.45) is 0.215. The molecular formula is C26H21N3O2S2. The lowest BCUT2D eigenvalue weighted by molar-refractivity contribution is -0.115. The topological polar surface area (TPSA) is 64.1 Å². The van der Waals surface area contributed by atoms with Crippen LogP contribution in [0.3, 0.4) is 0 Å². The lowest BCUT2D eigenvalue weighted by Gasteiger charge is -2.07. The van der Waals surface area contributed by atoms with E-state index in [0.29, 0.717) is 6.61 Å². The first-order valence-electron chi connectivity index (χ1n) is 10.6. The molecule has 1 amide bonds. The number of ether oxygens (including phenoxy) is 1. The summed E-state index contributed by atoms with van der Waals surface area (Å²) in [6.45, 7) is 2.55. The van der Waals surface area contributed by atoms with Gasteiger partial charge in [0.2, 0.25) is 5.91 Å². The van der Waals surface area contributed by atoms with Crippen molar-refractivity contribution < 1.29 is 9.53 Å². The third-order valence-electron chi connectivity index (χ3n) is 5.02. The molecule has 164 valence electrons. The average molecular weight is 472 g/mol. The van der Waals surface area contributed by atoms with Crippen LogP contribution in [0.5, 0.6) is 5.75 Å². The molecule has 0 aliphatic heterocycles. The number of hydrogen-bond acceptors (Lipinski definition) is 6. The first-order chi connectivity index (χ1) is 16.2. The molecule has 3 aromatic carbocycles. The Labute approximate surface area is 199 Å². The zero-order valence-corrected chi connectivity index (χ0v) is 19.6. The van der Waals surface area contributed by atoms with Crippen LogP contribution in [0.2, 0.25) is 0 Å². The Kier molecular flexibility index (Phi) is 6.15. The zero-order valence-electron chi connectivity index (χ0n) is 17.9. The molecular weight excluding hydrogens is 450 g/mol. The van der Waals surface area contributed by atoms with Crippen molar-refractivity contribution >= 4 is 44.5 Å². The molecule has 2 heterocycles. The first-order valence-corrected chi connectivity index (χ1v) is 12.3. The normalized spacial score (nSPS) is 10.9. The summed E-state index contributed by atoms with van der Waals surface area (Å²) in [7, 11) is 0. The Morgan fingerprint density at radius 2 is 1.73 bits per heavy atom. The predicted molar refractivity (Wildman–Crippen MR) is 136 cm³/mol. The van der Waals surface area contributed by atoms with E-state index in [1.807, 2.05) is 79.0 Å². The predicted octanol–water partition coefficient (Wildman–Crippen LogP) is 6.67. The van der Waals surface area contributed by atoms with Crippen LogP contribution < -0.4 is 10.1 Å². The van der Waals surface area contributed by atoms with Gasteiger partial charge in [0.1, 0.15) is 15.8 Å². The number of nitrogens with one attached hydrogen (secondary N) is 1. The minimum atomic E-state index is -0.0994. The van der Waals surface area contributed by atoms with Gasteiger partial charge in [0, 0.05) is 16.6 Å². The minimum Gasteiger partial charge on any atom is -0.493 e. The molecule has 0 fully saturated rings. The van der Waals surface area contributed by atoms with Gasteiger partial charge in [-0.05, 0) is 55.5 Å². The van der Waals surface area contributed by atoms with Crippen LogP contribution in [0.25, 0.3) is 31.4 Å². The van der Waals surface area contributed by atoms with Crippen molar-refractivity contribution in [3.8, 4) is 26.9 Å². The van der Waals surface area contributed by atoms with E-state index in [1.54, 1.807) is 11.3 Å². The van der Waals surface area contributed by atoms with Crippen molar-refractivity contribution in [1.29, 1.82) is 0 Å². The van der Waals surface area contributed by atoms with Gasteiger partial charge in [-0.2, -0.15) is 0 Å². The van der Waals surface area contributed by atoms with Gasteiger partial charge in [-0.3, -0.25) is 4.79 Å². The first kappa shape index (κ1) is 21.3. The van der Waals surface area contributed by atoms with Crippen LogP contribution in [-0.2, 0) is 11.2 Å². The highest BCUT2D eigenvalue weighted by atomic mass is 32.1. The van der Waals surface area contributed by atoms with E-state index in [9.17, 15) is 4.79 Å². The van der Waals surface area contributed by atoms with Gasteiger partial charge >= 0.3 is 0 Å². The number of nitrogens with zero attached hydrogens (tertiary/aromatic N) is 2. The van der Waals surface area contributed by atoms with Crippen molar-refractivity contribution in [3.05, 3.63) is 83.9 Å². The number of hydrogen-bond donors (Lipinski definition) is 1. The SMILES string of the molecule is CCOc1ccccc1-c1nc(CC(=O)Nc2ccc(-c3nc4ccccc4s3)cc2)cs1. The number of carbonyl (C=O) groups excluding carboxylic acids is 1. The molecule has 5 aromatic rings. The third-order valence-corrected chi connectivity index (χ3v) is 7.03. The fourth-order valence-electron chi connectivity index (χ4n) is 3.50. The fraction of sp³-hybridized carbons (Fsp3) is 0.115. The van der Waals surface area contributed by atoms with Gasteiger partial charge in [-0.1, -0.05) is 24.3 Å². The summed E-state index contributed by atoms with van der Waals surface area (Å²) in [4.78, 5) is 21.9. The highest BCUT2D eigenvalue weighted by molar-refractivity contribution is 7.21. The molecule has 33 heavy (non-hydrogen) atoms. The lowest BCUT2D eigenvalue weighted by Crippen LogP contribution is -2.14. The van der Waals surface area contributed by atoms with Crippen LogP contribution in [0.15, 0.2) is 78.2 Å². The van der Waals surface area contributed by atoms with Gasteiger partial charge in [0.25, 0.3) is 0 Å². The maximum absolute atomic E-state index is 12.6. The number of carbonyl (C=O) groups is 1. The van der Waals surface area contributed by atoms with E-state index in [2.05, 4.69) is 21.4 Å². The average Bonchev–Trinajstić information content (AvgIpc) is 3.47. The second-order valence-corrected chi connectivity index (χ2v) is 9.25. The fourth-order valence-corrected chi connectivity index (χ4v) is 5.32. The van der Waals surface area contributed by atoms with Crippen molar-refractivity contribution in [2.75, 3.05) is 11.9 Å². The van der Waals surface area contributed by atoms with Crippen LogP contribution in [0.4, 0.5) is 5.69 Å². The van der Waals surface area contributed by atoms with Crippen LogP contribution in [0.1, 0.15) is 12.6 Å². The van der Waals surface area contributed by atoms with Crippen LogP contribution in [-0.4, -0.2) is 22.5 Å².